The standard InChI is InChI=1S/C17H17BrN4/c1-13-19-7-8-22(13)12-15-4-2-3-14(9-15)10-20-17-6-5-16(18)11-21-17/h2-9,11H,10,12H2,1H3,(H,20,21). The van der Waals surface area contributed by atoms with Crippen molar-refractivity contribution in [3.63, 3.8) is 0 Å². The fourth-order valence-electron chi connectivity index (χ4n) is 2.28. The van der Waals surface area contributed by atoms with E-state index in [0.29, 0.717) is 0 Å². The molecule has 0 radical (unpaired) electrons. The van der Waals surface area contributed by atoms with Gasteiger partial charge >= 0.3 is 0 Å². The Kier molecular flexibility index (Phi) is 4.53. The highest BCUT2D eigenvalue weighted by atomic mass is 79.9. The summed E-state index contributed by atoms with van der Waals surface area (Å²) in [5.74, 6) is 1.90. The number of hydrogen-bond acceptors (Lipinski definition) is 3. The van der Waals surface area contributed by atoms with Gasteiger partial charge in [0.1, 0.15) is 11.6 Å². The van der Waals surface area contributed by atoms with Crippen molar-refractivity contribution in [2.75, 3.05) is 5.32 Å². The zero-order valence-electron chi connectivity index (χ0n) is 12.3. The van der Waals surface area contributed by atoms with Crippen LogP contribution in [0.15, 0.2) is 59.5 Å². The molecule has 1 N–H and O–H groups in total. The Morgan fingerprint density at radius 1 is 1.14 bits per heavy atom. The molecule has 0 bridgehead atoms. The molecule has 3 aromatic rings. The van der Waals surface area contributed by atoms with E-state index in [4.69, 9.17) is 0 Å². The van der Waals surface area contributed by atoms with Gasteiger partial charge in [0.15, 0.2) is 0 Å². The summed E-state index contributed by atoms with van der Waals surface area (Å²) in [5, 5.41) is 3.33. The van der Waals surface area contributed by atoms with Crippen molar-refractivity contribution in [2.24, 2.45) is 0 Å². The van der Waals surface area contributed by atoms with E-state index in [0.717, 1.165) is 29.2 Å². The topological polar surface area (TPSA) is 42.7 Å². The normalized spacial score (nSPS) is 10.6. The lowest BCUT2D eigenvalue weighted by molar-refractivity contribution is 0.760. The van der Waals surface area contributed by atoms with Gasteiger partial charge in [-0.25, -0.2) is 9.97 Å². The molecule has 112 valence electrons. The summed E-state index contributed by atoms with van der Waals surface area (Å²) in [5.41, 5.74) is 2.50. The van der Waals surface area contributed by atoms with Gasteiger partial charge in [0.25, 0.3) is 0 Å². The number of nitrogens with one attached hydrogen (secondary N) is 1. The van der Waals surface area contributed by atoms with Gasteiger partial charge in [0.2, 0.25) is 0 Å². The maximum atomic E-state index is 4.32. The smallest absolute Gasteiger partial charge is 0.126 e. The SMILES string of the molecule is Cc1nccn1Cc1cccc(CNc2ccc(Br)cn2)c1. The van der Waals surface area contributed by atoms with Crippen LogP contribution < -0.4 is 5.32 Å². The summed E-state index contributed by atoms with van der Waals surface area (Å²) in [4.78, 5) is 8.57. The number of nitrogens with zero attached hydrogens (tertiary/aromatic N) is 3. The molecule has 2 aromatic heterocycles. The highest BCUT2D eigenvalue weighted by molar-refractivity contribution is 9.10. The summed E-state index contributed by atoms with van der Waals surface area (Å²) >= 11 is 3.39. The molecule has 4 nitrogen and oxygen atoms in total. The summed E-state index contributed by atoms with van der Waals surface area (Å²) in [6, 6.07) is 12.5. The number of pyridine rings is 1. The number of anilines is 1. The first kappa shape index (κ1) is 14.8. The first-order valence-electron chi connectivity index (χ1n) is 7.12. The number of benzene rings is 1. The third kappa shape index (κ3) is 3.74. The number of aryl methyl sites for hydroxylation is 1. The minimum atomic E-state index is 0.755. The summed E-state index contributed by atoms with van der Waals surface area (Å²) in [6.45, 7) is 3.62. The van der Waals surface area contributed by atoms with Crippen LogP contribution in [0.1, 0.15) is 17.0 Å². The Balaban J connectivity index is 1.66. The van der Waals surface area contributed by atoms with E-state index in [1.165, 1.54) is 11.1 Å². The lowest BCUT2D eigenvalue weighted by Crippen LogP contribution is -2.04. The summed E-state index contributed by atoms with van der Waals surface area (Å²) < 4.78 is 3.12. The average Bonchev–Trinajstić information content (AvgIpc) is 2.92. The van der Waals surface area contributed by atoms with Crippen molar-refractivity contribution in [1.82, 2.24) is 14.5 Å². The molecule has 0 amide bonds. The average molecular weight is 357 g/mol. The van der Waals surface area contributed by atoms with Gasteiger partial charge in [-0.05, 0) is 46.1 Å². The fraction of sp³-hybridized carbons (Fsp3) is 0.176. The minimum absolute atomic E-state index is 0.755. The van der Waals surface area contributed by atoms with Crippen LogP contribution in [0.4, 0.5) is 5.82 Å². The first-order chi connectivity index (χ1) is 10.7. The van der Waals surface area contributed by atoms with E-state index in [2.05, 4.69) is 60.0 Å². The van der Waals surface area contributed by atoms with E-state index in [1.807, 2.05) is 31.5 Å². The fourth-order valence-corrected chi connectivity index (χ4v) is 2.51. The molecule has 0 saturated heterocycles. The van der Waals surface area contributed by atoms with E-state index < -0.39 is 0 Å². The van der Waals surface area contributed by atoms with Crippen molar-refractivity contribution in [1.29, 1.82) is 0 Å². The molecule has 0 aliphatic heterocycles. The Bertz CT molecular complexity index is 749. The number of imidazole rings is 1. The largest absolute Gasteiger partial charge is 0.366 e. The number of hydrogen-bond donors (Lipinski definition) is 1. The Labute approximate surface area is 138 Å². The predicted molar refractivity (Wildman–Crippen MR) is 91.8 cm³/mol. The molecule has 0 fully saturated rings. The van der Waals surface area contributed by atoms with Crippen LogP contribution in [-0.4, -0.2) is 14.5 Å². The zero-order valence-corrected chi connectivity index (χ0v) is 13.9. The number of rotatable bonds is 5. The van der Waals surface area contributed by atoms with Gasteiger partial charge in [-0.2, -0.15) is 0 Å². The van der Waals surface area contributed by atoms with Crippen molar-refractivity contribution in [3.8, 4) is 0 Å². The molecule has 22 heavy (non-hydrogen) atoms. The van der Waals surface area contributed by atoms with Gasteiger partial charge in [-0.15, -0.1) is 0 Å². The third-order valence-corrected chi connectivity index (χ3v) is 3.94. The van der Waals surface area contributed by atoms with Crippen LogP contribution in [0, 0.1) is 6.92 Å². The maximum absolute atomic E-state index is 4.32. The van der Waals surface area contributed by atoms with Crippen LogP contribution in [-0.2, 0) is 13.1 Å². The van der Waals surface area contributed by atoms with Gasteiger partial charge in [0.05, 0.1) is 0 Å². The summed E-state index contributed by atoms with van der Waals surface area (Å²) in [7, 11) is 0. The molecule has 0 unspecified atom stereocenters. The molecule has 0 atom stereocenters. The molecular formula is C17H17BrN4. The lowest BCUT2D eigenvalue weighted by atomic mass is 10.1. The second-order valence-corrected chi connectivity index (χ2v) is 6.05. The van der Waals surface area contributed by atoms with Gasteiger partial charge in [-0.1, -0.05) is 24.3 Å². The van der Waals surface area contributed by atoms with Crippen molar-refractivity contribution in [2.45, 2.75) is 20.0 Å². The first-order valence-corrected chi connectivity index (χ1v) is 7.91. The van der Waals surface area contributed by atoms with E-state index >= 15 is 0 Å². The third-order valence-electron chi connectivity index (χ3n) is 3.47. The van der Waals surface area contributed by atoms with Crippen molar-refractivity contribution >= 4 is 21.7 Å². The van der Waals surface area contributed by atoms with E-state index in [1.54, 1.807) is 6.20 Å². The zero-order chi connectivity index (χ0) is 15.4. The Morgan fingerprint density at radius 2 is 2.00 bits per heavy atom. The van der Waals surface area contributed by atoms with Crippen LogP contribution >= 0.6 is 15.9 Å². The molecule has 3 rings (SSSR count). The lowest BCUT2D eigenvalue weighted by Gasteiger charge is -2.09. The van der Waals surface area contributed by atoms with Crippen LogP contribution in [0.5, 0.6) is 0 Å². The number of halogens is 1. The molecule has 2 heterocycles. The molecule has 0 aliphatic carbocycles. The number of aromatic nitrogens is 3. The molecular weight excluding hydrogens is 340 g/mol. The molecule has 0 aliphatic rings. The minimum Gasteiger partial charge on any atom is -0.366 e. The highest BCUT2D eigenvalue weighted by Crippen LogP contribution is 2.13. The van der Waals surface area contributed by atoms with Gasteiger partial charge in [0, 0.05) is 36.2 Å². The second kappa shape index (κ2) is 6.75. The molecule has 0 spiro atoms. The van der Waals surface area contributed by atoms with Crippen LogP contribution in [0.3, 0.4) is 0 Å². The molecule has 5 heteroatoms. The van der Waals surface area contributed by atoms with Crippen LogP contribution in [0.25, 0.3) is 0 Å². The molecule has 0 saturated carbocycles. The highest BCUT2D eigenvalue weighted by Gasteiger charge is 2.01. The monoisotopic (exact) mass is 356 g/mol. The predicted octanol–water partition coefficient (Wildman–Crippen LogP) is 4.01. The second-order valence-electron chi connectivity index (χ2n) is 5.14. The van der Waals surface area contributed by atoms with E-state index in [-0.39, 0.29) is 0 Å². The van der Waals surface area contributed by atoms with Crippen LogP contribution in [0.2, 0.25) is 0 Å². The Morgan fingerprint density at radius 3 is 2.73 bits per heavy atom. The van der Waals surface area contributed by atoms with Gasteiger partial charge < -0.3 is 9.88 Å². The van der Waals surface area contributed by atoms with Crippen molar-refractivity contribution in [3.05, 3.63) is 76.4 Å². The van der Waals surface area contributed by atoms with Crippen molar-refractivity contribution < 1.29 is 0 Å². The quantitative estimate of drug-likeness (QED) is 0.750. The Hall–Kier alpha value is -2.14. The maximum Gasteiger partial charge on any atom is 0.126 e. The molecule has 1 aromatic carbocycles. The summed E-state index contributed by atoms with van der Waals surface area (Å²) in [6.07, 6.45) is 5.63. The van der Waals surface area contributed by atoms with E-state index in [9.17, 15) is 0 Å². The van der Waals surface area contributed by atoms with Gasteiger partial charge in [-0.3, -0.25) is 0 Å².